The standard InChI is InChI=1S/C14H18BrN3/c1-9(2)18-12-5-4-10(15)8-11(12)17-13(18)14(16)6-3-7-14/h4-5,8-9H,3,6-7,16H2,1-2H3. The number of hydrogen-bond acceptors (Lipinski definition) is 2. The van der Waals surface area contributed by atoms with Gasteiger partial charge in [0.2, 0.25) is 0 Å². The minimum absolute atomic E-state index is 0.213. The zero-order valence-electron chi connectivity index (χ0n) is 10.8. The lowest BCUT2D eigenvalue weighted by Crippen LogP contribution is -2.45. The van der Waals surface area contributed by atoms with Crippen molar-refractivity contribution in [2.75, 3.05) is 0 Å². The van der Waals surface area contributed by atoms with E-state index in [1.54, 1.807) is 0 Å². The third kappa shape index (κ3) is 1.70. The van der Waals surface area contributed by atoms with E-state index >= 15 is 0 Å². The van der Waals surface area contributed by atoms with Crippen molar-refractivity contribution in [1.82, 2.24) is 9.55 Å². The van der Waals surface area contributed by atoms with Gasteiger partial charge in [-0.2, -0.15) is 0 Å². The lowest BCUT2D eigenvalue weighted by atomic mass is 9.77. The summed E-state index contributed by atoms with van der Waals surface area (Å²) in [5, 5.41) is 0. The van der Waals surface area contributed by atoms with Gasteiger partial charge in [-0.3, -0.25) is 0 Å². The quantitative estimate of drug-likeness (QED) is 0.919. The maximum absolute atomic E-state index is 6.47. The number of aromatic nitrogens is 2. The fourth-order valence-corrected chi connectivity index (χ4v) is 3.08. The molecule has 0 aliphatic heterocycles. The molecular formula is C14H18BrN3. The Morgan fingerprint density at radius 1 is 1.39 bits per heavy atom. The molecule has 1 saturated carbocycles. The van der Waals surface area contributed by atoms with Crippen LogP contribution >= 0.6 is 15.9 Å². The Balaban J connectivity index is 2.27. The number of imidazole rings is 1. The van der Waals surface area contributed by atoms with Gasteiger partial charge in [0.25, 0.3) is 0 Å². The zero-order chi connectivity index (χ0) is 12.9. The fraction of sp³-hybridized carbons (Fsp3) is 0.500. The smallest absolute Gasteiger partial charge is 0.130 e. The molecule has 1 fully saturated rings. The second-order valence-corrected chi connectivity index (χ2v) is 6.46. The molecule has 0 spiro atoms. The van der Waals surface area contributed by atoms with Crippen LogP contribution in [0.15, 0.2) is 22.7 Å². The van der Waals surface area contributed by atoms with Crippen molar-refractivity contribution in [3.05, 3.63) is 28.5 Å². The van der Waals surface area contributed by atoms with Crippen molar-refractivity contribution < 1.29 is 0 Å². The summed E-state index contributed by atoms with van der Waals surface area (Å²) < 4.78 is 3.36. The molecule has 1 heterocycles. The van der Waals surface area contributed by atoms with Crippen LogP contribution in [0.25, 0.3) is 11.0 Å². The molecule has 3 nitrogen and oxygen atoms in total. The maximum Gasteiger partial charge on any atom is 0.130 e. The normalized spacial score (nSPS) is 18.3. The van der Waals surface area contributed by atoms with Crippen molar-refractivity contribution in [2.24, 2.45) is 5.73 Å². The van der Waals surface area contributed by atoms with Crippen LogP contribution in [0.4, 0.5) is 0 Å². The van der Waals surface area contributed by atoms with Crippen LogP contribution < -0.4 is 5.73 Å². The van der Waals surface area contributed by atoms with E-state index in [1.165, 1.54) is 11.9 Å². The van der Waals surface area contributed by atoms with Crippen molar-refractivity contribution in [3.63, 3.8) is 0 Å². The highest BCUT2D eigenvalue weighted by atomic mass is 79.9. The van der Waals surface area contributed by atoms with E-state index in [0.717, 1.165) is 28.7 Å². The minimum atomic E-state index is -0.213. The topological polar surface area (TPSA) is 43.8 Å². The largest absolute Gasteiger partial charge is 0.324 e. The van der Waals surface area contributed by atoms with E-state index in [-0.39, 0.29) is 5.54 Å². The second kappa shape index (κ2) is 4.07. The molecule has 3 rings (SSSR count). The van der Waals surface area contributed by atoms with Gasteiger partial charge in [0.15, 0.2) is 0 Å². The van der Waals surface area contributed by atoms with Gasteiger partial charge in [-0.1, -0.05) is 15.9 Å². The third-order valence-corrected chi connectivity index (χ3v) is 4.35. The van der Waals surface area contributed by atoms with Crippen LogP contribution in [0.3, 0.4) is 0 Å². The number of halogens is 1. The molecule has 1 aliphatic rings. The molecule has 0 unspecified atom stereocenters. The van der Waals surface area contributed by atoms with E-state index in [9.17, 15) is 0 Å². The van der Waals surface area contributed by atoms with Gasteiger partial charge in [0.05, 0.1) is 16.6 Å². The molecule has 0 radical (unpaired) electrons. The van der Waals surface area contributed by atoms with Gasteiger partial charge in [0, 0.05) is 10.5 Å². The van der Waals surface area contributed by atoms with Crippen LogP contribution in [-0.2, 0) is 5.54 Å². The molecule has 0 amide bonds. The predicted molar refractivity (Wildman–Crippen MR) is 77.5 cm³/mol. The molecule has 1 aromatic carbocycles. The second-order valence-electron chi connectivity index (χ2n) is 5.54. The fourth-order valence-electron chi connectivity index (χ4n) is 2.73. The Labute approximate surface area is 116 Å². The zero-order valence-corrected chi connectivity index (χ0v) is 12.4. The van der Waals surface area contributed by atoms with Crippen molar-refractivity contribution in [1.29, 1.82) is 0 Å². The van der Waals surface area contributed by atoms with E-state index in [4.69, 9.17) is 10.7 Å². The van der Waals surface area contributed by atoms with Crippen molar-refractivity contribution in [3.8, 4) is 0 Å². The molecule has 4 heteroatoms. The summed E-state index contributed by atoms with van der Waals surface area (Å²) in [6.07, 6.45) is 3.30. The molecule has 1 aliphatic carbocycles. The number of rotatable bonds is 2. The predicted octanol–water partition coefficient (Wildman–Crippen LogP) is 3.72. The maximum atomic E-state index is 6.47. The van der Waals surface area contributed by atoms with Gasteiger partial charge < -0.3 is 10.3 Å². The van der Waals surface area contributed by atoms with E-state index < -0.39 is 0 Å². The Morgan fingerprint density at radius 2 is 2.11 bits per heavy atom. The SMILES string of the molecule is CC(C)n1c(C2(N)CCC2)nc2cc(Br)ccc21. The van der Waals surface area contributed by atoms with Gasteiger partial charge >= 0.3 is 0 Å². The first-order valence-corrected chi connectivity index (χ1v) is 7.27. The average Bonchev–Trinajstić information content (AvgIpc) is 2.64. The monoisotopic (exact) mass is 307 g/mol. The van der Waals surface area contributed by atoms with E-state index in [2.05, 4.69) is 52.5 Å². The van der Waals surface area contributed by atoms with Crippen molar-refractivity contribution >= 4 is 27.0 Å². The highest BCUT2D eigenvalue weighted by Crippen LogP contribution is 2.40. The summed E-state index contributed by atoms with van der Waals surface area (Å²) >= 11 is 3.50. The number of nitrogens with two attached hydrogens (primary N) is 1. The number of nitrogens with zero attached hydrogens (tertiary/aromatic N) is 2. The number of hydrogen-bond donors (Lipinski definition) is 1. The Kier molecular flexibility index (Phi) is 2.75. The van der Waals surface area contributed by atoms with Crippen LogP contribution in [0, 0.1) is 0 Å². The molecular weight excluding hydrogens is 290 g/mol. The van der Waals surface area contributed by atoms with E-state index in [1.807, 2.05) is 0 Å². The molecule has 18 heavy (non-hydrogen) atoms. The third-order valence-electron chi connectivity index (χ3n) is 3.86. The molecule has 0 atom stereocenters. The first kappa shape index (κ1) is 12.2. The lowest BCUT2D eigenvalue weighted by molar-refractivity contribution is 0.228. The van der Waals surface area contributed by atoms with Gasteiger partial charge in [0.1, 0.15) is 5.82 Å². The molecule has 1 aromatic heterocycles. The molecule has 96 valence electrons. The van der Waals surface area contributed by atoms with Crippen molar-refractivity contribution in [2.45, 2.75) is 44.7 Å². The Morgan fingerprint density at radius 3 is 2.67 bits per heavy atom. The van der Waals surface area contributed by atoms with Crippen LogP contribution in [0.5, 0.6) is 0 Å². The average molecular weight is 308 g/mol. The Bertz CT molecular complexity index is 596. The first-order chi connectivity index (χ1) is 8.51. The highest BCUT2D eigenvalue weighted by Gasteiger charge is 2.39. The molecule has 2 N–H and O–H groups in total. The summed E-state index contributed by atoms with van der Waals surface area (Å²) in [5.74, 6) is 1.05. The minimum Gasteiger partial charge on any atom is -0.324 e. The van der Waals surface area contributed by atoms with Gasteiger partial charge in [-0.25, -0.2) is 4.98 Å². The number of fused-ring (bicyclic) bond motifs is 1. The summed E-state index contributed by atoms with van der Waals surface area (Å²) in [7, 11) is 0. The van der Waals surface area contributed by atoms with Crippen LogP contribution in [0.2, 0.25) is 0 Å². The Hall–Kier alpha value is -0.870. The highest BCUT2D eigenvalue weighted by molar-refractivity contribution is 9.10. The summed E-state index contributed by atoms with van der Waals surface area (Å²) in [5.41, 5.74) is 8.47. The van der Waals surface area contributed by atoms with Gasteiger partial charge in [-0.05, 0) is 51.3 Å². The summed E-state index contributed by atoms with van der Waals surface area (Å²) in [6.45, 7) is 4.38. The summed E-state index contributed by atoms with van der Waals surface area (Å²) in [6, 6.07) is 6.64. The van der Waals surface area contributed by atoms with Crippen LogP contribution in [0.1, 0.15) is 45.0 Å². The number of benzene rings is 1. The van der Waals surface area contributed by atoms with Gasteiger partial charge in [-0.15, -0.1) is 0 Å². The van der Waals surface area contributed by atoms with Crippen LogP contribution in [-0.4, -0.2) is 9.55 Å². The molecule has 2 aromatic rings. The summed E-state index contributed by atoms with van der Waals surface area (Å²) in [4.78, 5) is 4.80. The first-order valence-electron chi connectivity index (χ1n) is 6.48. The molecule has 0 saturated heterocycles. The molecule has 0 bridgehead atoms. The van der Waals surface area contributed by atoms with E-state index in [0.29, 0.717) is 6.04 Å². The lowest BCUT2D eigenvalue weighted by Gasteiger charge is -2.38.